The molecule has 0 spiro atoms. The van der Waals surface area contributed by atoms with Crippen molar-refractivity contribution in [2.45, 2.75) is 19.2 Å². The van der Waals surface area contributed by atoms with E-state index in [0.29, 0.717) is 11.3 Å². The summed E-state index contributed by atoms with van der Waals surface area (Å²) in [5.41, 5.74) is 0.918. The van der Waals surface area contributed by atoms with Crippen molar-refractivity contribution in [2.24, 2.45) is 0 Å². The predicted molar refractivity (Wildman–Crippen MR) is 50.0 cm³/mol. The molecule has 5 heteroatoms. The lowest BCUT2D eigenvalue weighted by Crippen LogP contribution is -2.01. The lowest BCUT2D eigenvalue weighted by Gasteiger charge is -2.12. The Balaban J connectivity index is 3.33. The van der Waals surface area contributed by atoms with Crippen LogP contribution in [0.4, 0.5) is 8.78 Å². The van der Waals surface area contributed by atoms with Crippen LogP contribution in [0, 0.1) is 6.92 Å². The van der Waals surface area contributed by atoms with Gasteiger partial charge in [0.2, 0.25) is 0 Å². The van der Waals surface area contributed by atoms with Crippen molar-refractivity contribution in [1.82, 2.24) is 4.98 Å². The number of aryl methyl sites for hydroxylation is 1. The number of pyridine rings is 1. The van der Waals surface area contributed by atoms with Crippen molar-refractivity contribution in [3.05, 3.63) is 23.0 Å². The number of halogens is 3. The number of aromatic nitrogens is 1. The highest BCUT2D eigenvalue weighted by molar-refractivity contribution is 6.17. The highest BCUT2D eigenvalue weighted by atomic mass is 35.5. The number of rotatable bonds is 3. The topological polar surface area (TPSA) is 22.1 Å². The van der Waals surface area contributed by atoms with Crippen molar-refractivity contribution in [1.29, 1.82) is 0 Å². The van der Waals surface area contributed by atoms with Crippen LogP contribution >= 0.6 is 11.6 Å². The van der Waals surface area contributed by atoms with Gasteiger partial charge in [-0.15, -0.1) is 11.6 Å². The Bertz CT molecular complexity index is 331. The maximum atomic E-state index is 12.5. The molecule has 0 fully saturated rings. The SMILES string of the molecule is COc1c(C(F)F)cnc(C)c1CCl. The highest BCUT2D eigenvalue weighted by Gasteiger charge is 2.18. The summed E-state index contributed by atoms with van der Waals surface area (Å²) in [5.74, 6) is 0.255. The minimum absolute atomic E-state index is 0.114. The van der Waals surface area contributed by atoms with Crippen LogP contribution in [-0.4, -0.2) is 12.1 Å². The fraction of sp³-hybridized carbons (Fsp3) is 0.444. The fourth-order valence-corrected chi connectivity index (χ4v) is 1.51. The molecule has 0 aromatic carbocycles. The van der Waals surface area contributed by atoms with E-state index in [1.165, 1.54) is 7.11 Å². The number of hydrogen-bond acceptors (Lipinski definition) is 2. The van der Waals surface area contributed by atoms with Gasteiger partial charge in [0, 0.05) is 17.5 Å². The molecule has 0 aliphatic carbocycles. The third-order valence-electron chi connectivity index (χ3n) is 1.94. The standard InChI is InChI=1S/C9H10ClF2NO/c1-5-6(3-10)8(14-2)7(4-13-5)9(11)12/h4,9H,3H2,1-2H3. The molecule has 1 rings (SSSR count). The largest absolute Gasteiger partial charge is 0.496 e. The van der Waals surface area contributed by atoms with Crippen LogP contribution in [0.25, 0.3) is 0 Å². The second kappa shape index (κ2) is 4.55. The molecule has 0 saturated carbocycles. The average molecular weight is 222 g/mol. The zero-order valence-electron chi connectivity index (χ0n) is 7.85. The molecule has 0 saturated heterocycles. The van der Waals surface area contributed by atoms with Crippen molar-refractivity contribution in [3.8, 4) is 5.75 Å². The van der Waals surface area contributed by atoms with Crippen molar-refractivity contribution >= 4 is 11.6 Å². The molecule has 0 aliphatic heterocycles. The van der Waals surface area contributed by atoms with Crippen LogP contribution in [-0.2, 0) is 5.88 Å². The van der Waals surface area contributed by atoms with Gasteiger partial charge in [-0.25, -0.2) is 8.78 Å². The van der Waals surface area contributed by atoms with Gasteiger partial charge in [-0.1, -0.05) is 0 Å². The molecule has 0 amide bonds. The molecule has 1 aromatic heterocycles. The molecule has 1 heterocycles. The third kappa shape index (κ3) is 1.95. The molecule has 0 unspecified atom stereocenters. The second-order valence-electron chi connectivity index (χ2n) is 2.75. The maximum absolute atomic E-state index is 12.5. The van der Waals surface area contributed by atoms with E-state index in [2.05, 4.69) is 4.98 Å². The first-order valence-corrected chi connectivity index (χ1v) is 4.51. The zero-order chi connectivity index (χ0) is 10.7. The van der Waals surface area contributed by atoms with E-state index in [9.17, 15) is 8.78 Å². The molecule has 0 aliphatic rings. The maximum Gasteiger partial charge on any atom is 0.268 e. The molecule has 1 aromatic rings. The summed E-state index contributed by atoms with van der Waals surface area (Å²) in [6.45, 7) is 1.70. The summed E-state index contributed by atoms with van der Waals surface area (Å²) in [7, 11) is 1.34. The lowest BCUT2D eigenvalue weighted by atomic mass is 10.1. The van der Waals surface area contributed by atoms with Crippen LogP contribution in [0.1, 0.15) is 23.2 Å². The smallest absolute Gasteiger partial charge is 0.268 e. The van der Waals surface area contributed by atoms with Crippen LogP contribution in [0.15, 0.2) is 6.20 Å². The Morgan fingerprint density at radius 3 is 2.64 bits per heavy atom. The van der Waals surface area contributed by atoms with Crippen molar-refractivity contribution in [3.63, 3.8) is 0 Å². The first-order valence-electron chi connectivity index (χ1n) is 3.98. The van der Waals surface area contributed by atoms with Gasteiger partial charge in [0.1, 0.15) is 5.75 Å². The first-order chi connectivity index (χ1) is 6.61. The molecule has 2 nitrogen and oxygen atoms in total. The third-order valence-corrected chi connectivity index (χ3v) is 2.21. The highest BCUT2D eigenvalue weighted by Crippen LogP contribution is 2.33. The molecule has 0 bridgehead atoms. The predicted octanol–water partition coefficient (Wildman–Crippen LogP) is 3.08. The van der Waals surface area contributed by atoms with Crippen molar-refractivity contribution in [2.75, 3.05) is 7.11 Å². The van der Waals surface area contributed by atoms with Gasteiger partial charge in [0.25, 0.3) is 6.43 Å². The Kier molecular flexibility index (Phi) is 3.63. The lowest BCUT2D eigenvalue weighted by molar-refractivity contribution is 0.146. The van der Waals surface area contributed by atoms with Gasteiger partial charge in [-0.2, -0.15) is 0 Å². The molecule has 0 atom stereocenters. The van der Waals surface area contributed by atoms with Gasteiger partial charge in [-0.3, -0.25) is 4.98 Å². The zero-order valence-corrected chi connectivity index (χ0v) is 8.61. The van der Waals surface area contributed by atoms with E-state index in [1.807, 2.05) is 0 Å². The molecular weight excluding hydrogens is 212 g/mol. The Morgan fingerprint density at radius 2 is 2.21 bits per heavy atom. The number of methoxy groups -OCH3 is 1. The Labute approximate surface area is 85.9 Å². The van der Waals surface area contributed by atoms with Gasteiger partial charge in [0.15, 0.2) is 0 Å². The van der Waals surface area contributed by atoms with Crippen LogP contribution in [0.5, 0.6) is 5.75 Å². The summed E-state index contributed by atoms with van der Waals surface area (Å²) in [6, 6.07) is 0. The van der Waals surface area contributed by atoms with Gasteiger partial charge < -0.3 is 4.74 Å². The number of alkyl halides is 3. The molecule has 78 valence electrons. The normalized spacial score (nSPS) is 10.7. The van der Waals surface area contributed by atoms with E-state index < -0.39 is 6.43 Å². The van der Waals surface area contributed by atoms with Crippen molar-refractivity contribution < 1.29 is 13.5 Å². The Morgan fingerprint density at radius 1 is 1.57 bits per heavy atom. The van der Waals surface area contributed by atoms with Crippen LogP contribution < -0.4 is 4.74 Å². The van der Waals surface area contributed by atoms with E-state index >= 15 is 0 Å². The van der Waals surface area contributed by atoms with E-state index in [4.69, 9.17) is 16.3 Å². The Hall–Kier alpha value is -0.900. The number of nitrogens with zero attached hydrogens (tertiary/aromatic N) is 1. The first kappa shape index (κ1) is 11.2. The van der Waals surface area contributed by atoms with Gasteiger partial charge in [-0.05, 0) is 6.92 Å². The van der Waals surface area contributed by atoms with Gasteiger partial charge >= 0.3 is 0 Å². The number of hydrogen-bond donors (Lipinski definition) is 0. The van der Waals surface area contributed by atoms with E-state index in [0.717, 1.165) is 6.20 Å². The minimum Gasteiger partial charge on any atom is -0.496 e. The molecule has 0 N–H and O–H groups in total. The van der Waals surface area contributed by atoms with Crippen LogP contribution in [0.3, 0.4) is 0 Å². The molecular formula is C9H10ClF2NO. The number of ether oxygens (including phenoxy) is 1. The molecule has 14 heavy (non-hydrogen) atoms. The monoisotopic (exact) mass is 221 g/mol. The van der Waals surface area contributed by atoms with E-state index in [1.54, 1.807) is 6.92 Å². The average Bonchev–Trinajstić information content (AvgIpc) is 2.16. The van der Waals surface area contributed by atoms with Crippen LogP contribution in [0.2, 0.25) is 0 Å². The fourth-order valence-electron chi connectivity index (χ4n) is 1.20. The second-order valence-corrected chi connectivity index (χ2v) is 3.01. The quantitative estimate of drug-likeness (QED) is 0.732. The summed E-state index contributed by atoms with van der Waals surface area (Å²) in [4.78, 5) is 3.84. The summed E-state index contributed by atoms with van der Waals surface area (Å²) in [5, 5.41) is 0. The van der Waals surface area contributed by atoms with Gasteiger partial charge in [0.05, 0.1) is 18.6 Å². The summed E-state index contributed by atoms with van der Waals surface area (Å²) < 4.78 is 29.9. The molecule has 0 radical (unpaired) electrons. The summed E-state index contributed by atoms with van der Waals surface area (Å²) >= 11 is 5.63. The summed E-state index contributed by atoms with van der Waals surface area (Å²) in [6.07, 6.45) is -1.48. The van der Waals surface area contributed by atoms with E-state index in [-0.39, 0.29) is 17.2 Å². The minimum atomic E-state index is -2.60.